The van der Waals surface area contributed by atoms with E-state index in [0.29, 0.717) is 18.8 Å². The van der Waals surface area contributed by atoms with E-state index in [9.17, 15) is 9.18 Å². The fourth-order valence-corrected chi connectivity index (χ4v) is 1.77. The van der Waals surface area contributed by atoms with Crippen LogP contribution in [0.1, 0.15) is 13.8 Å². The van der Waals surface area contributed by atoms with Crippen LogP contribution in [0.4, 0.5) is 15.8 Å². The Balaban J connectivity index is 2.62. The molecular weight excluding hydrogens is 259 g/mol. The van der Waals surface area contributed by atoms with Gasteiger partial charge in [0.15, 0.2) is 0 Å². The van der Waals surface area contributed by atoms with Crippen molar-refractivity contribution in [2.24, 2.45) is 5.92 Å². The van der Waals surface area contributed by atoms with Crippen LogP contribution in [0.2, 0.25) is 0 Å². The van der Waals surface area contributed by atoms with Gasteiger partial charge in [0.05, 0.1) is 24.2 Å². The number of carbonyl (C=O) groups excluding carboxylic acids is 1. The van der Waals surface area contributed by atoms with Crippen molar-refractivity contribution in [1.82, 2.24) is 4.90 Å². The third-order valence-electron chi connectivity index (χ3n) is 2.83. The Hall–Kier alpha value is -2.13. The minimum atomic E-state index is -0.527. The van der Waals surface area contributed by atoms with Crippen molar-refractivity contribution in [3.63, 3.8) is 0 Å². The van der Waals surface area contributed by atoms with Crippen LogP contribution < -0.4 is 11.1 Å². The van der Waals surface area contributed by atoms with E-state index in [1.807, 2.05) is 11.8 Å². The van der Waals surface area contributed by atoms with Crippen molar-refractivity contribution < 1.29 is 9.18 Å². The summed E-state index contributed by atoms with van der Waals surface area (Å²) in [6.45, 7) is 4.94. The molecule has 108 valence electrons. The maximum Gasteiger partial charge on any atom is 0.238 e. The second kappa shape index (κ2) is 7.46. The summed E-state index contributed by atoms with van der Waals surface area (Å²) in [5, 5.41) is 11.3. The summed E-state index contributed by atoms with van der Waals surface area (Å²) in [5.74, 6) is -1.02. The number of halogens is 1. The maximum atomic E-state index is 13.5. The van der Waals surface area contributed by atoms with Crippen molar-refractivity contribution in [2.45, 2.75) is 13.8 Å². The molecule has 0 bridgehead atoms. The highest BCUT2D eigenvalue weighted by atomic mass is 19.1. The number of nitrogens with two attached hydrogens (primary N) is 1. The van der Waals surface area contributed by atoms with E-state index in [0.717, 1.165) is 0 Å². The number of hydrogen-bond acceptors (Lipinski definition) is 4. The van der Waals surface area contributed by atoms with Crippen LogP contribution in [-0.2, 0) is 4.79 Å². The van der Waals surface area contributed by atoms with Crippen LogP contribution in [-0.4, -0.2) is 30.4 Å². The lowest BCUT2D eigenvalue weighted by Gasteiger charge is -2.20. The molecule has 1 aromatic carbocycles. The minimum Gasteiger partial charge on any atom is -0.399 e. The molecule has 1 rings (SSSR count). The molecule has 6 heteroatoms. The van der Waals surface area contributed by atoms with Crippen LogP contribution in [0.3, 0.4) is 0 Å². The molecule has 1 atom stereocenters. The SMILES string of the molecule is CCN(CC(=O)Nc1cc(N)ccc1F)CC(C)C#N. The van der Waals surface area contributed by atoms with Gasteiger partial charge in [0.25, 0.3) is 0 Å². The molecular formula is C14H19FN4O. The number of hydrogen-bond donors (Lipinski definition) is 2. The zero-order valence-corrected chi connectivity index (χ0v) is 11.7. The Morgan fingerprint density at radius 1 is 1.60 bits per heavy atom. The molecule has 0 aliphatic rings. The second-order valence-corrected chi connectivity index (χ2v) is 4.65. The van der Waals surface area contributed by atoms with E-state index in [4.69, 9.17) is 11.0 Å². The first kappa shape index (κ1) is 15.9. The Labute approximate surface area is 118 Å². The van der Waals surface area contributed by atoms with Crippen LogP contribution in [0, 0.1) is 23.1 Å². The molecule has 0 saturated heterocycles. The van der Waals surface area contributed by atoms with Crippen molar-refractivity contribution in [1.29, 1.82) is 5.26 Å². The predicted octanol–water partition coefficient (Wildman–Crippen LogP) is 1.83. The van der Waals surface area contributed by atoms with Crippen LogP contribution >= 0.6 is 0 Å². The van der Waals surface area contributed by atoms with Gasteiger partial charge in [0.1, 0.15) is 5.82 Å². The van der Waals surface area contributed by atoms with Crippen molar-refractivity contribution in [2.75, 3.05) is 30.7 Å². The summed E-state index contributed by atoms with van der Waals surface area (Å²) >= 11 is 0. The topological polar surface area (TPSA) is 82.2 Å². The zero-order valence-electron chi connectivity index (χ0n) is 11.7. The molecule has 3 N–H and O–H groups in total. The molecule has 1 unspecified atom stereocenters. The molecule has 1 aromatic rings. The van der Waals surface area contributed by atoms with Crippen LogP contribution in [0.15, 0.2) is 18.2 Å². The summed E-state index contributed by atoms with van der Waals surface area (Å²) in [6, 6.07) is 6.13. The molecule has 0 fully saturated rings. The number of likely N-dealkylation sites (N-methyl/N-ethyl adjacent to an activating group) is 1. The molecule has 20 heavy (non-hydrogen) atoms. The normalized spacial score (nSPS) is 11.9. The van der Waals surface area contributed by atoms with Crippen LogP contribution in [0.25, 0.3) is 0 Å². The average Bonchev–Trinajstić information content (AvgIpc) is 2.41. The summed E-state index contributed by atoms with van der Waals surface area (Å²) in [6.07, 6.45) is 0. The molecule has 0 spiro atoms. The lowest BCUT2D eigenvalue weighted by molar-refractivity contribution is -0.117. The third kappa shape index (κ3) is 4.86. The van der Waals surface area contributed by atoms with Gasteiger partial charge in [-0.2, -0.15) is 5.26 Å². The molecule has 0 aliphatic carbocycles. The van der Waals surface area contributed by atoms with Crippen molar-refractivity contribution >= 4 is 17.3 Å². The van der Waals surface area contributed by atoms with Crippen molar-refractivity contribution in [3.8, 4) is 6.07 Å². The first-order valence-electron chi connectivity index (χ1n) is 6.43. The van der Waals surface area contributed by atoms with E-state index in [1.54, 1.807) is 6.92 Å². The number of nitriles is 1. The monoisotopic (exact) mass is 278 g/mol. The molecule has 0 radical (unpaired) electrons. The maximum absolute atomic E-state index is 13.5. The van der Waals surface area contributed by atoms with Gasteiger partial charge in [0, 0.05) is 12.2 Å². The van der Waals surface area contributed by atoms with E-state index in [2.05, 4.69) is 11.4 Å². The highest BCUT2D eigenvalue weighted by Crippen LogP contribution is 2.17. The fraction of sp³-hybridized carbons (Fsp3) is 0.429. The summed E-state index contributed by atoms with van der Waals surface area (Å²) in [5.41, 5.74) is 6.00. The Bertz CT molecular complexity index is 512. The lowest BCUT2D eigenvalue weighted by atomic mass is 10.2. The Kier molecular flexibility index (Phi) is 5.94. The Morgan fingerprint density at radius 2 is 2.30 bits per heavy atom. The number of anilines is 2. The van der Waals surface area contributed by atoms with E-state index >= 15 is 0 Å². The largest absolute Gasteiger partial charge is 0.399 e. The molecule has 0 aliphatic heterocycles. The van der Waals surface area contributed by atoms with Gasteiger partial charge in [0.2, 0.25) is 5.91 Å². The third-order valence-corrected chi connectivity index (χ3v) is 2.83. The number of amides is 1. The fourth-order valence-electron chi connectivity index (χ4n) is 1.77. The first-order chi connectivity index (χ1) is 9.46. The highest BCUT2D eigenvalue weighted by molar-refractivity contribution is 5.92. The van der Waals surface area contributed by atoms with Crippen molar-refractivity contribution in [3.05, 3.63) is 24.0 Å². The van der Waals surface area contributed by atoms with Gasteiger partial charge < -0.3 is 11.1 Å². The summed E-state index contributed by atoms with van der Waals surface area (Å²) in [7, 11) is 0. The van der Waals surface area contributed by atoms with Gasteiger partial charge in [-0.25, -0.2) is 4.39 Å². The van der Waals surface area contributed by atoms with Gasteiger partial charge >= 0.3 is 0 Å². The molecule has 5 nitrogen and oxygen atoms in total. The lowest BCUT2D eigenvalue weighted by Crippen LogP contribution is -2.36. The van der Waals surface area contributed by atoms with E-state index < -0.39 is 5.82 Å². The number of rotatable bonds is 6. The van der Waals surface area contributed by atoms with Crippen LogP contribution in [0.5, 0.6) is 0 Å². The second-order valence-electron chi connectivity index (χ2n) is 4.65. The first-order valence-corrected chi connectivity index (χ1v) is 6.43. The number of benzene rings is 1. The molecule has 0 heterocycles. The highest BCUT2D eigenvalue weighted by Gasteiger charge is 2.13. The molecule has 1 amide bonds. The van der Waals surface area contributed by atoms with Gasteiger partial charge in [-0.05, 0) is 31.7 Å². The average molecular weight is 278 g/mol. The predicted molar refractivity (Wildman–Crippen MR) is 76.3 cm³/mol. The number of nitrogens with one attached hydrogen (secondary N) is 1. The quantitative estimate of drug-likeness (QED) is 0.778. The zero-order chi connectivity index (χ0) is 15.1. The van der Waals surface area contributed by atoms with Gasteiger partial charge in [-0.1, -0.05) is 6.92 Å². The van der Waals surface area contributed by atoms with Gasteiger partial charge in [-0.15, -0.1) is 0 Å². The van der Waals surface area contributed by atoms with E-state index in [1.165, 1.54) is 18.2 Å². The smallest absolute Gasteiger partial charge is 0.238 e. The van der Waals surface area contributed by atoms with Gasteiger partial charge in [-0.3, -0.25) is 9.69 Å². The van der Waals surface area contributed by atoms with E-state index in [-0.39, 0.29) is 24.1 Å². The summed E-state index contributed by atoms with van der Waals surface area (Å²) in [4.78, 5) is 13.7. The molecule has 0 aromatic heterocycles. The minimum absolute atomic E-state index is 0.0689. The standard InChI is InChI=1S/C14H19FN4O/c1-3-19(8-10(2)7-16)9-14(20)18-13-6-11(17)4-5-12(13)15/h4-6,10H,3,8-9,17H2,1-2H3,(H,18,20). The number of nitrogen functional groups attached to an aromatic ring is 1. The Morgan fingerprint density at radius 3 is 2.90 bits per heavy atom. The number of carbonyl (C=O) groups is 1. The summed E-state index contributed by atoms with van der Waals surface area (Å²) < 4.78 is 13.5. The molecule has 0 saturated carbocycles. The number of nitrogens with zero attached hydrogens (tertiary/aromatic N) is 2.